The summed E-state index contributed by atoms with van der Waals surface area (Å²) in [7, 11) is 0. The molecule has 0 fully saturated rings. The van der Waals surface area contributed by atoms with Crippen LogP contribution >= 0.6 is 0 Å². The molecule has 92 valence electrons. The number of carbonyl (C=O) groups is 2. The van der Waals surface area contributed by atoms with Crippen molar-refractivity contribution in [3.8, 4) is 0 Å². The first kappa shape index (κ1) is 13.2. The van der Waals surface area contributed by atoms with E-state index in [0.29, 0.717) is 12.1 Å². The van der Waals surface area contributed by atoms with Crippen LogP contribution < -0.4 is 16.4 Å². The molecule has 17 heavy (non-hydrogen) atoms. The lowest BCUT2D eigenvalue weighted by Gasteiger charge is -2.11. The number of rotatable bonds is 5. The van der Waals surface area contributed by atoms with E-state index in [2.05, 4.69) is 10.6 Å². The van der Waals surface area contributed by atoms with Crippen LogP contribution in [0.5, 0.6) is 0 Å². The van der Waals surface area contributed by atoms with Crippen LogP contribution in [0.2, 0.25) is 0 Å². The first-order valence-electron chi connectivity index (χ1n) is 5.46. The van der Waals surface area contributed by atoms with Crippen LogP contribution in [0.4, 0.5) is 0 Å². The number of hydrogen-bond acceptors (Lipinski definition) is 3. The van der Waals surface area contributed by atoms with Gasteiger partial charge < -0.3 is 16.4 Å². The van der Waals surface area contributed by atoms with Crippen LogP contribution in [-0.4, -0.2) is 30.9 Å². The molecule has 0 aromatic heterocycles. The van der Waals surface area contributed by atoms with Gasteiger partial charge in [-0.1, -0.05) is 18.2 Å². The number of benzene rings is 1. The third-order valence-corrected chi connectivity index (χ3v) is 2.21. The molecular weight excluding hydrogens is 218 g/mol. The molecule has 0 bridgehead atoms. The second-order valence-corrected chi connectivity index (χ2v) is 3.75. The van der Waals surface area contributed by atoms with Gasteiger partial charge in [0.15, 0.2) is 0 Å². The molecule has 5 nitrogen and oxygen atoms in total. The third kappa shape index (κ3) is 4.65. The standard InChI is InChI=1S/C12H17N3O2/c1-9(7-13)15-11(16)8-14-12(17)10-5-3-2-4-6-10/h2-6,9H,7-8,13H2,1H3,(H,14,17)(H,15,16)/t9-/m1/s1. The van der Waals surface area contributed by atoms with Gasteiger partial charge in [-0.2, -0.15) is 0 Å². The molecule has 1 atom stereocenters. The highest BCUT2D eigenvalue weighted by Crippen LogP contribution is 1.97. The van der Waals surface area contributed by atoms with Gasteiger partial charge in [0.1, 0.15) is 0 Å². The Morgan fingerprint density at radius 2 is 1.94 bits per heavy atom. The zero-order valence-corrected chi connectivity index (χ0v) is 9.77. The minimum atomic E-state index is -0.263. The molecule has 1 rings (SSSR count). The molecule has 5 heteroatoms. The molecule has 4 N–H and O–H groups in total. The van der Waals surface area contributed by atoms with Gasteiger partial charge >= 0.3 is 0 Å². The Morgan fingerprint density at radius 3 is 2.53 bits per heavy atom. The predicted molar refractivity (Wildman–Crippen MR) is 65.4 cm³/mol. The molecule has 1 aromatic rings. The minimum absolute atomic E-state index is 0.0436. The lowest BCUT2D eigenvalue weighted by molar-refractivity contribution is -0.120. The van der Waals surface area contributed by atoms with E-state index < -0.39 is 0 Å². The van der Waals surface area contributed by atoms with Gasteiger partial charge in [-0.05, 0) is 19.1 Å². The third-order valence-electron chi connectivity index (χ3n) is 2.21. The summed E-state index contributed by atoms with van der Waals surface area (Å²) >= 11 is 0. The van der Waals surface area contributed by atoms with Crippen molar-refractivity contribution >= 4 is 11.8 Å². The Morgan fingerprint density at radius 1 is 1.29 bits per heavy atom. The van der Waals surface area contributed by atoms with Gasteiger partial charge in [0, 0.05) is 18.2 Å². The van der Waals surface area contributed by atoms with E-state index >= 15 is 0 Å². The van der Waals surface area contributed by atoms with Crippen molar-refractivity contribution in [2.24, 2.45) is 5.73 Å². The molecule has 0 aliphatic rings. The Bertz CT molecular complexity index is 379. The van der Waals surface area contributed by atoms with E-state index in [1.165, 1.54) is 0 Å². The maximum absolute atomic E-state index is 11.6. The highest BCUT2D eigenvalue weighted by atomic mass is 16.2. The molecule has 0 aliphatic carbocycles. The quantitative estimate of drug-likeness (QED) is 0.665. The van der Waals surface area contributed by atoms with E-state index in [1.807, 2.05) is 6.07 Å². The Balaban J connectivity index is 2.36. The van der Waals surface area contributed by atoms with Crippen molar-refractivity contribution in [2.45, 2.75) is 13.0 Å². The van der Waals surface area contributed by atoms with Crippen molar-refractivity contribution in [3.63, 3.8) is 0 Å². The zero-order chi connectivity index (χ0) is 12.7. The first-order valence-corrected chi connectivity index (χ1v) is 5.46. The Labute approximate surface area is 100 Å². The van der Waals surface area contributed by atoms with Gasteiger partial charge in [0.05, 0.1) is 6.54 Å². The summed E-state index contributed by atoms with van der Waals surface area (Å²) < 4.78 is 0. The second-order valence-electron chi connectivity index (χ2n) is 3.75. The van der Waals surface area contributed by atoms with Crippen molar-refractivity contribution < 1.29 is 9.59 Å². The van der Waals surface area contributed by atoms with E-state index in [0.717, 1.165) is 0 Å². The molecule has 1 aromatic carbocycles. The average molecular weight is 235 g/mol. The second kappa shape index (κ2) is 6.65. The Kier molecular flexibility index (Phi) is 5.16. The number of amides is 2. The molecule has 0 aliphatic heterocycles. The van der Waals surface area contributed by atoms with Crippen LogP contribution in [0.15, 0.2) is 30.3 Å². The molecule has 0 spiro atoms. The van der Waals surface area contributed by atoms with E-state index in [4.69, 9.17) is 5.73 Å². The van der Waals surface area contributed by atoms with Gasteiger partial charge in [-0.3, -0.25) is 9.59 Å². The fraction of sp³-hybridized carbons (Fsp3) is 0.333. The van der Waals surface area contributed by atoms with Crippen LogP contribution in [0, 0.1) is 0 Å². The van der Waals surface area contributed by atoms with Crippen molar-refractivity contribution in [1.29, 1.82) is 0 Å². The highest BCUT2D eigenvalue weighted by molar-refractivity contribution is 5.96. The lowest BCUT2D eigenvalue weighted by atomic mass is 10.2. The average Bonchev–Trinajstić information content (AvgIpc) is 2.36. The summed E-state index contributed by atoms with van der Waals surface area (Å²) in [4.78, 5) is 23.0. The van der Waals surface area contributed by atoms with E-state index in [-0.39, 0.29) is 24.4 Å². The van der Waals surface area contributed by atoms with Crippen molar-refractivity contribution in [2.75, 3.05) is 13.1 Å². The zero-order valence-electron chi connectivity index (χ0n) is 9.77. The van der Waals surface area contributed by atoms with E-state index in [9.17, 15) is 9.59 Å². The van der Waals surface area contributed by atoms with Crippen molar-refractivity contribution in [1.82, 2.24) is 10.6 Å². The molecule has 0 radical (unpaired) electrons. The summed E-state index contributed by atoms with van der Waals surface area (Å²) in [5.41, 5.74) is 5.90. The SMILES string of the molecule is C[C@H](CN)NC(=O)CNC(=O)c1ccccc1. The smallest absolute Gasteiger partial charge is 0.251 e. The monoisotopic (exact) mass is 235 g/mol. The largest absolute Gasteiger partial charge is 0.351 e. The molecule has 0 heterocycles. The Hall–Kier alpha value is -1.88. The fourth-order valence-electron chi connectivity index (χ4n) is 1.24. The maximum Gasteiger partial charge on any atom is 0.251 e. The summed E-state index contributed by atoms with van der Waals surface area (Å²) in [6, 6.07) is 8.66. The molecule has 0 saturated heterocycles. The van der Waals surface area contributed by atoms with Crippen LogP contribution in [-0.2, 0) is 4.79 Å². The number of hydrogen-bond donors (Lipinski definition) is 3. The van der Waals surface area contributed by atoms with Gasteiger partial charge in [-0.25, -0.2) is 0 Å². The van der Waals surface area contributed by atoms with Crippen molar-refractivity contribution in [3.05, 3.63) is 35.9 Å². The fourth-order valence-corrected chi connectivity index (χ4v) is 1.24. The lowest BCUT2D eigenvalue weighted by Crippen LogP contribution is -2.43. The number of nitrogens with one attached hydrogen (secondary N) is 2. The summed E-state index contributed by atoms with van der Waals surface area (Å²) in [6.07, 6.45) is 0. The molecular formula is C12H17N3O2. The summed E-state index contributed by atoms with van der Waals surface area (Å²) in [5.74, 6) is -0.506. The number of nitrogens with two attached hydrogens (primary N) is 1. The van der Waals surface area contributed by atoms with Crippen LogP contribution in [0.25, 0.3) is 0 Å². The van der Waals surface area contributed by atoms with Gasteiger partial charge in [-0.15, -0.1) is 0 Å². The first-order chi connectivity index (χ1) is 8.13. The van der Waals surface area contributed by atoms with Gasteiger partial charge in [0.25, 0.3) is 5.91 Å². The maximum atomic E-state index is 11.6. The normalized spacial score (nSPS) is 11.6. The van der Waals surface area contributed by atoms with Crippen LogP contribution in [0.3, 0.4) is 0 Å². The highest BCUT2D eigenvalue weighted by Gasteiger charge is 2.08. The summed E-state index contributed by atoms with van der Waals surface area (Å²) in [6.45, 7) is 2.13. The summed E-state index contributed by atoms with van der Waals surface area (Å²) in [5, 5.41) is 5.19. The predicted octanol–water partition coefficient (Wildman–Crippen LogP) is -0.120. The minimum Gasteiger partial charge on any atom is -0.351 e. The number of carbonyl (C=O) groups excluding carboxylic acids is 2. The molecule has 0 unspecified atom stereocenters. The van der Waals surface area contributed by atoms with Crippen LogP contribution in [0.1, 0.15) is 17.3 Å². The molecule has 2 amide bonds. The van der Waals surface area contributed by atoms with E-state index in [1.54, 1.807) is 31.2 Å². The topological polar surface area (TPSA) is 84.2 Å². The van der Waals surface area contributed by atoms with Gasteiger partial charge in [0.2, 0.25) is 5.91 Å². The molecule has 0 saturated carbocycles.